The maximum atomic E-state index is 12.7. The predicted octanol–water partition coefficient (Wildman–Crippen LogP) is 4.33. The average molecular weight is 350 g/mol. The maximum absolute atomic E-state index is 12.7. The van der Waals surface area contributed by atoms with Gasteiger partial charge in [0.15, 0.2) is 0 Å². The summed E-state index contributed by atoms with van der Waals surface area (Å²) in [4.78, 5) is 12.4. The largest absolute Gasteiger partial charge is 0.471 e. The van der Waals surface area contributed by atoms with Crippen LogP contribution in [0, 0.1) is 6.92 Å². The van der Waals surface area contributed by atoms with Gasteiger partial charge in [-0.15, -0.1) is 0 Å². The molecule has 0 spiro atoms. The average Bonchev–Trinajstić information content (AvgIpc) is 2.30. The van der Waals surface area contributed by atoms with Crippen LogP contribution in [-0.2, 0) is 10.2 Å². The zero-order valence-electron chi connectivity index (χ0n) is 11.4. The first kappa shape index (κ1) is 15.4. The van der Waals surface area contributed by atoms with E-state index in [0.29, 0.717) is 16.6 Å². The first-order valence-electron chi connectivity index (χ1n) is 6.23. The van der Waals surface area contributed by atoms with E-state index in [-0.39, 0.29) is 12.0 Å². The molecule has 20 heavy (non-hydrogen) atoms. The molecule has 0 saturated carbocycles. The highest BCUT2D eigenvalue weighted by Crippen LogP contribution is 2.43. The summed E-state index contributed by atoms with van der Waals surface area (Å²) in [6.45, 7) is 5.92. The molecule has 0 unspecified atom stereocenters. The van der Waals surface area contributed by atoms with Crippen molar-refractivity contribution in [1.82, 2.24) is 0 Å². The number of fused-ring (bicyclic) bond motifs is 1. The number of rotatable bonds is 0. The van der Waals surface area contributed by atoms with E-state index in [1.165, 1.54) is 0 Å². The zero-order chi connectivity index (χ0) is 15.3. The van der Waals surface area contributed by atoms with Crippen LogP contribution in [0.1, 0.15) is 31.4 Å². The van der Waals surface area contributed by atoms with Gasteiger partial charge in [0.25, 0.3) is 0 Å². The van der Waals surface area contributed by atoms with Crippen molar-refractivity contribution >= 4 is 27.5 Å². The van der Waals surface area contributed by atoms with Crippen molar-refractivity contribution in [1.29, 1.82) is 0 Å². The fourth-order valence-corrected chi connectivity index (χ4v) is 2.78. The van der Waals surface area contributed by atoms with E-state index < -0.39 is 12.1 Å². The number of hydrogen-bond donors (Lipinski definition) is 0. The molecule has 0 saturated heterocycles. The van der Waals surface area contributed by atoms with E-state index in [2.05, 4.69) is 15.9 Å². The van der Waals surface area contributed by atoms with Crippen LogP contribution in [0.5, 0.6) is 0 Å². The third-order valence-electron chi connectivity index (χ3n) is 3.74. The van der Waals surface area contributed by atoms with Gasteiger partial charge in [-0.05, 0) is 36.0 Å². The summed E-state index contributed by atoms with van der Waals surface area (Å²) < 4.78 is 38.8. The van der Waals surface area contributed by atoms with Gasteiger partial charge < -0.3 is 4.90 Å². The lowest BCUT2D eigenvalue weighted by Gasteiger charge is -2.39. The number of anilines is 1. The number of nitrogens with zero attached hydrogens (tertiary/aromatic N) is 1. The Kier molecular flexibility index (Phi) is 3.65. The molecule has 0 fully saturated rings. The van der Waals surface area contributed by atoms with Crippen LogP contribution in [0.4, 0.5) is 18.9 Å². The first-order chi connectivity index (χ1) is 9.04. The Morgan fingerprint density at radius 3 is 2.50 bits per heavy atom. The third-order valence-corrected chi connectivity index (χ3v) is 4.60. The number of benzene rings is 1. The molecule has 2 rings (SSSR count). The second-order valence-corrected chi connectivity index (χ2v) is 6.56. The molecule has 6 heteroatoms. The Balaban J connectivity index is 2.58. The van der Waals surface area contributed by atoms with Gasteiger partial charge in [0, 0.05) is 16.7 Å². The number of carbonyl (C=O) groups excluding carboxylic acids is 1. The Bertz CT molecular complexity index is 566. The molecule has 0 bridgehead atoms. The lowest BCUT2D eigenvalue weighted by molar-refractivity contribution is -0.170. The Labute approximate surface area is 124 Å². The quantitative estimate of drug-likeness (QED) is 0.682. The molecule has 2 nitrogen and oxygen atoms in total. The summed E-state index contributed by atoms with van der Waals surface area (Å²) in [5, 5.41) is 0. The van der Waals surface area contributed by atoms with Crippen LogP contribution in [0.2, 0.25) is 0 Å². The first-order valence-corrected chi connectivity index (χ1v) is 7.02. The number of aryl methyl sites for hydroxylation is 1. The van der Waals surface area contributed by atoms with E-state index >= 15 is 0 Å². The standard InChI is InChI=1S/C14H15BrF3NO/c1-8-6-9-11(7-10(8)15)19(5-4-13(9,2)3)12(20)14(16,17)18/h6-7H,4-5H2,1-3H3. The summed E-state index contributed by atoms with van der Waals surface area (Å²) in [6.07, 6.45) is -4.35. The van der Waals surface area contributed by atoms with Crippen molar-refractivity contribution in [2.24, 2.45) is 0 Å². The minimum atomic E-state index is -4.85. The van der Waals surface area contributed by atoms with Crippen molar-refractivity contribution in [3.8, 4) is 0 Å². The van der Waals surface area contributed by atoms with Crippen LogP contribution < -0.4 is 4.90 Å². The molecule has 1 aliphatic rings. The minimum Gasteiger partial charge on any atom is -0.304 e. The smallest absolute Gasteiger partial charge is 0.304 e. The van der Waals surface area contributed by atoms with Crippen molar-refractivity contribution in [3.05, 3.63) is 27.7 Å². The highest BCUT2D eigenvalue weighted by molar-refractivity contribution is 9.10. The molecule has 0 aromatic heterocycles. The van der Waals surface area contributed by atoms with E-state index in [4.69, 9.17) is 0 Å². The van der Waals surface area contributed by atoms with Gasteiger partial charge in [0.2, 0.25) is 0 Å². The van der Waals surface area contributed by atoms with Gasteiger partial charge in [-0.3, -0.25) is 4.79 Å². The van der Waals surface area contributed by atoms with Crippen LogP contribution in [-0.4, -0.2) is 18.6 Å². The Morgan fingerprint density at radius 2 is 1.95 bits per heavy atom. The number of alkyl halides is 3. The molecule has 1 amide bonds. The van der Waals surface area contributed by atoms with Crippen LogP contribution in [0.15, 0.2) is 16.6 Å². The monoisotopic (exact) mass is 349 g/mol. The van der Waals surface area contributed by atoms with Gasteiger partial charge in [-0.2, -0.15) is 13.2 Å². The molecular formula is C14H15BrF3NO. The van der Waals surface area contributed by atoms with Gasteiger partial charge in [-0.1, -0.05) is 35.8 Å². The number of amides is 1. The topological polar surface area (TPSA) is 20.3 Å². The molecule has 1 aromatic rings. The predicted molar refractivity (Wildman–Crippen MR) is 74.9 cm³/mol. The lowest BCUT2D eigenvalue weighted by atomic mass is 9.77. The van der Waals surface area contributed by atoms with Crippen LogP contribution in [0.25, 0.3) is 0 Å². The Hall–Kier alpha value is -1.04. The molecule has 1 aromatic carbocycles. The summed E-state index contributed by atoms with van der Waals surface area (Å²) in [7, 11) is 0. The fraction of sp³-hybridized carbons (Fsp3) is 0.500. The normalized spacial score (nSPS) is 17.9. The summed E-state index contributed by atoms with van der Waals surface area (Å²) >= 11 is 3.32. The molecular weight excluding hydrogens is 335 g/mol. The maximum Gasteiger partial charge on any atom is 0.471 e. The van der Waals surface area contributed by atoms with Crippen LogP contribution in [0.3, 0.4) is 0 Å². The third kappa shape index (κ3) is 2.57. The van der Waals surface area contributed by atoms with Crippen molar-refractivity contribution in [2.75, 3.05) is 11.4 Å². The SMILES string of the molecule is Cc1cc2c(cc1Br)N(C(=O)C(F)(F)F)CCC2(C)C. The molecule has 0 atom stereocenters. The van der Waals surface area contributed by atoms with Gasteiger partial charge in [0.1, 0.15) is 0 Å². The van der Waals surface area contributed by atoms with Gasteiger partial charge in [-0.25, -0.2) is 0 Å². The molecule has 1 aliphatic heterocycles. The summed E-state index contributed by atoms with van der Waals surface area (Å²) in [5.74, 6) is -1.80. The molecule has 110 valence electrons. The molecule has 0 radical (unpaired) electrons. The van der Waals surface area contributed by atoms with Crippen molar-refractivity contribution in [3.63, 3.8) is 0 Å². The number of hydrogen-bond acceptors (Lipinski definition) is 1. The lowest BCUT2D eigenvalue weighted by Crippen LogP contribution is -2.47. The van der Waals surface area contributed by atoms with Crippen LogP contribution >= 0.6 is 15.9 Å². The molecule has 0 N–H and O–H groups in total. The van der Waals surface area contributed by atoms with E-state index in [1.54, 1.807) is 6.07 Å². The second-order valence-electron chi connectivity index (χ2n) is 5.71. The summed E-state index contributed by atoms with van der Waals surface area (Å²) in [6, 6.07) is 3.46. The summed E-state index contributed by atoms with van der Waals surface area (Å²) in [5.41, 5.74) is 1.82. The minimum absolute atomic E-state index is 0.0772. The highest BCUT2D eigenvalue weighted by Gasteiger charge is 2.46. The zero-order valence-corrected chi connectivity index (χ0v) is 13.0. The van der Waals surface area contributed by atoms with Crippen molar-refractivity contribution < 1.29 is 18.0 Å². The Morgan fingerprint density at radius 1 is 1.35 bits per heavy atom. The molecule has 0 aliphatic carbocycles. The number of carbonyl (C=O) groups is 1. The second kappa shape index (κ2) is 4.76. The molecule has 1 heterocycles. The highest BCUT2D eigenvalue weighted by atomic mass is 79.9. The van der Waals surface area contributed by atoms with Crippen molar-refractivity contribution in [2.45, 2.75) is 38.8 Å². The van der Waals surface area contributed by atoms with Gasteiger partial charge in [0.05, 0.1) is 0 Å². The van der Waals surface area contributed by atoms with E-state index in [9.17, 15) is 18.0 Å². The van der Waals surface area contributed by atoms with Gasteiger partial charge >= 0.3 is 12.1 Å². The van der Waals surface area contributed by atoms with E-state index in [0.717, 1.165) is 16.0 Å². The van der Waals surface area contributed by atoms with E-state index in [1.807, 2.05) is 26.8 Å². The number of halogens is 4. The fourth-order valence-electron chi connectivity index (χ4n) is 2.45.